The summed E-state index contributed by atoms with van der Waals surface area (Å²) in [5.41, 5.74) is 0.542. The zero-order valence-corrected chi connectivity index (χ0v) is 8.40. The number of nitrogens with one attached hydrogen (secondary N) is 1. The van der Waals surface area contributed by atoms with Crippen LogP contribution in [-0.4, -0.2) is 28.4 Å². The van der Waals surface area contributed by atoms with E-state index >= 15 is 0 Å². The maximum atomic E-state index is 9.68. The van der Waals surface area contributed by atoms with Gasteiger partial charge in [0.15, 0.2) is 0 Å². The molecule has 0 radical (unpaired) electrons. The zero-order chi connectivity index (χ0) is 10.8. The first kappa shape index (κ1) is 10.1. The average molecular weight is 209 g/mol. The Bertz CT molecular complexity index is 336. The summed E-state index contributed by atoms with van der Waals surface area (Å²) in [6.45, 7) is 1.74. The molecule has 0 amide bonds. The highest BCUT2D eigenvalue weighted by Crippen LogP contribution is 2.39. The summed E-state index contributed by atoms with van der Waals surface area (Å²) < 4.78 is 0. The first-order valence-electron chi connectivity index (χ1n) is 5.14. The van der Waals surface area contributed by atoms with Crippen molar-refractivity contribution >= 4 is 0 Å². The standard InChI is InChI=1S/C11H15NO3/c13-8-4-9(14)11(10(15)5-8)7-2-1-3-12-6-7/h4-5,7,12-15H,1-3,6H2. The van der Waals surface area contributed by atoms with Gasteiger partial charge in [-0.25, -0.2) is 0 Å². The number of benzene rings is 1. The third kappa shape index (κ3) is 1.99. The highest BCUT2D eigenvalue weighted by Gasteiger charge is 2.22. The fourth-order valence-electron chi connectivity index (χ4n) is 2.13. The van der Waals surface area contributed by atoms with Gasteiger partial charge in [0.1, 0.15) is 17.2 Å². The molecule has 1 atom stereocenters. The Morgan fingerprint density at radius 2 is 1.80 bits per heavy atom. The molecule has 0 aromatic heterocycles. The third-order valence-electron chi connectivity index (χ3n) is 2.83. The fraction of sp³-hybridized carbons (Fsp3) is 0.455. The lowest BCUT2D eigenvalue weighted by atomic mass is 9.90. The quantitative estimate of drug-likeness (QED) is 0.562. The molecule has 0 aliphatic carbocycles. The van der Waals surface area contributed by atoms with Gasteiger partial charge < -0.3 is 20.6 Å². The van der Waals surface area contributed by atoms with E-state index in [1.54, 1.807) is 0 Å². The first-order chi connectivity index (χ1) is 7.18. The molecule has 4 heteroatoms. The molecule has 2 rings (SSSR count). The molecule has 0 bridgehead atoms. The molecule has 1 aromatic carbocycles. The Morgan fingerprint density at radius 3 is 2.33 bits per heavy atom. The monoisotopic (exact) mass is 209 g/mol. The normalized spacial score (nSPS) is 21.5. The van der Waals surface area contributed by atoms with Crippen LogP contribution in [0.1, 0.15) is 24.3 Å². The van der Waals surface area contributed by atoms with Crippen LogP contribution in [0.4, 0.5) is 0 Å². The molecule has 4 N–H and O–H groups in total. The minimum Gasteiger partial charge on any atom is -0.508 e. The van der Waals surface area contributed by atoms with Crippen LogP contribution in [0.2, 0.25) is 0 Å². The van der Waals surface area contributed by atoms with E-state index in [0.29, 0.717) is 5.56 Å². The fourth-order valence-corrected chi connectivity index (χ4v) is 2.13. The van der Waals surface area contributed by atoms with Crippen molar-refractivity contribution in [2.75, 3.05) is 13.1 Å². The number of phenolic OH excluding ortho intramolecular Hbond substituents is 3. The molecular formula is C11H15NO3. The van der Waals surface area contributed by atoms with Gasteiger partial charge in [0.25, 0.3) is 0 Å². The van der Waals surface area contributed by atoms with E-state index in [9.17, 15) is 15.3 Å². The van der Waals surface area contributed by atoms with E-state index in [-0.39, 0.29) is 23.2 Å². The van der Waals surface area contributed by atoms with Crippen LogP contribution in [-0.2, 0) is 0 Å². The number of phenols is 3. The van der Waals surface area contributed by atoms with Gasteiger partial charge in [-0.3, -0.25) is 0 Å². The summed E-state index contributed by atoms with van der Waals surface area (Å²) in [6.07, 6.45) is 1.98. The molecule has 1 saturated heterocycles. The maximum Gasteiger partial charge on any atom is 0.126 e. The number of hydrogen-bond acceptors (Lipinski definition) is 4. The number of rotatable bonds is 1. The number of hydrogen-bond donors (Lipinski definition) is 4. The van der Waals surface area contributed by atoms with E-state index in [1.807, 2.05) is 0 Å². The van der Waals surface area contributed by atoms with Crippen LogP contribution in [0.3, 0.4) is 0 Å². The van der Waals surface area contributed by atoms with Crippen molar-refractivity contribution in [3.63, 3.8) is 0 Å². The smallest absolute Gasteiger partial charge is 0.126 e. The molecule has 1 aliphatic heterocycles. The summed E-state index contributed by atoms with van der Waals surface area (Å²) in [7, 11) is 0. The largest absolute Gasteiger partial charge is 0.508 e. The lowest BCUT2D eigenvalue weighted by Gasteiger charge is -2.24. The zero-order valence-electron chi connectivity index (χ0n) is 8.40. The van der Waals surface area contributed by atoms with Gasteiger partial charge in [-0.1, -0.05) is 0 Å². The number of aromatic hydroxyl groups is 3. The summed E-state index contributed by atoms with van der Waals surface area (Å²) in [4.78, 5) is 0. The SMILES string of the molecule is Oc1cc(O)c(C2CCCNC2)c(O)c1. The van der Waals surface area contributed by atoms with E-state index < -0.39 is 0 Å². The molecule has 1 unspecified atom stereocenters. The molecule has 1 aromatic rings. The highest BCUT2D eigenvalue weighted by molar-refractivity contribution is 5.50. The Balaban J connectivity index is 2.33. The first-order valence-corrected chi connectivity index (χ1v) is 5.14. The van der Waals surface area contributed by atoms with Gasteiger partial charge >= 0.3 is 0 Å². The Hall–Kier alpha value is -1.42. The van der Waals surface area contributed by atoms with Crippen molar-refractivity contribution in [2.24, 2.45) is 0 Å². The number of piperidine rings is 1. The second-order valence-electron chi connectivity index (χ2n) is 3.94. The van der Waals surface area contributed by atoms with E-state index in [4.69, 9.17) is 0 Å². The third-order valence-corrected chi connectivity index (χ3v) is 2.83. The van der Waals surface area contributed by atoms with Crippen molar-refractivity contribution in [1.82, 2.24) is 5.32 Å². The van der Waals surface area contributed by atoms with E-state index in [2.05, 4.69) is 5.32 Å². The van der Waals surface area contributed by atoms with Crippen molar-refractivity contribution in [1.29, 1.82) is 0 Å². The van der Waals surface area contributed by atoms with Crippen LogP contribution in [0.25, 0.3) is 0 Å². The lowest BCUT2D eigenvalue weighted by molar-refractivity contribution is 0.389. The highest BCUT2D eigenvalue weighted by atomic mass is 16.3. The molecule has 15 heavy (non-hydrogen) atoms. The van der Waals surface area contributed by atoms with Crippen molar-refractivity contribution < 1.29 is 15.3 Å². The van der Waals surface area contributed by atoms with Gasteiger partial charge in [-0.15, -0.1) is 0 Å². The minimum absolute atomic E-state index is 0.0267. The second kappa shape index (κ2) is 3.98. The van der Waals surface area contributed by atoms with Crippen LogP contribution in [0, 0.1) is 0 Å². The Morgan fingerprint density at radius 1 is 1.13 bits per heavy atom. The molecule has 0 saturated carbocycles. The summed E-state index contributed by atoms with van der Waals surface area (Å²) in [5, 5.41) is 31.8. The van der Waals surface area contributed by atoms with Gasteiger partial charge in [0.2, 0.25) is 0 Å². The molecule has 82 valence electrons. The topological polar surface area (TPSA) is 72.7 Å². The van der Waals surface area contributed by atoms with Gasteiger partial charge in [-0.2, -0.15) is 0 Å². The maximum absolute atomic E-state index is 9.68. The minimum atomic E-state index is -0.113. The van der Waals surface area contributed by atoms with Crippen LogP contribution >= 0.6 is 0 Å². The summed E-state index contributed by atoms with van der Waals surface area (Å²) in [5.74, 6) is -0.0423. The van der Waals surface area contributed by atoms with Gasteiger partial charge in [0, 0.05) is 30.2 Å². The molecular weight excluding hydrogens is 194 g/mol. The second-order valence-corrected chi connectivity index (χ2v) is 3.94. The molecule has 1 aliphatic rings. The molecule has 1 heterocycles. The van der Waals surface area contributed by atoms with Crippen LogP contribution < -0.4 is 5.32 Å². The molecule has 0 spiro atoms. The lowest BCUT2D eigenvalue weighted by Crippen LogP contribution is -2.28. The van der Waals surface area contributed by atoms with Gasteiger partial charge in [-0.05, 0) is 19.4 Å². The van der Waals surface area contributed by atoms with Crippen molar-refractivity contribution in [2.45, 2.75) is 18.8 Å². The molecule has 1 fully saturated rings. The Kier molecular flexibility index (Phi) is 2.68. The summed E-state index contributed by atoms with van der Waals surface area (Å²) >= 11 is 0. The van der Waals surface area contributed by atoms with Crippen LogP contribution in [0.15, 0.2) is 12.1 Å². The predicted molar refractivity (Wildman–Crippen MR) is 56.3 cm³/mol. The van der Waals surface area contributed by atoms with Gasteiger partial charge in [0.05, 0.1) is 0 Å². The van der Waals surface area contributed by atoms with Crippen molar-refractivity contribution in [3.05, 3.63) is 17.7 Å². The van der Waals surface area contributed by atoms with E-state index in [0.717, 1.165) is 25.9 Å². The Labute approximate surface area is 88.2 Å². The summed E-state index contributed by atoms with van der Waals surface area (Å²) in [6, 6.07) is 2.54. The van der Waals surface area contributed by atoms with Crippen LogP contribution in [0.5, 0.6) is 17.2 Å². The average Bonchev–Trinajstić information content (AvgIpc) is 2.17. The van der Waals surface area contributed by atoms with Crippen molar-refractivity contribution in [3.8, 4) is 17.2 Å². The van der Waals surface area contributed by atoms with E-state index in [1.165, 1.54) is 12.1 Å². The predicted octanol–water partition coefficient (Wildman–Crippen LogP) is 1.27. The molecule has 4 nitrogen and oxygen atoms in total.